The lowest BCUT2D eigenvalue weighted by molar-refractivity contribution is -0.124. The van der Waals surface area contributed by atoms with E-state index in [0.29, 0.717) is 0 Å². The molecule has 0 spiro atoms. The molecule has 0 aromatic heterocycles. The first-order chi connectivity index (χ1) is 8.88. The Morgan fingerprint density at radius 3 is 2.50 bits per heavy atom. The van der Waals surface area contributed by atoms with Gasteiger partial charge in [-0.05, 0) is 16.7 Å². The fourth-order valence-electron chi connectivity index (χ4n) is 2.47. The molecule has 2 aromatic rings. The van der Waals surface area contributed by atoms with Gasteiger partial charge in [-0.3, -0.25) is 0 Å². The molecule has 90 valence electrons. The van der Waals surface area contributed by atoms with E-state index >= 15 is 0 Å². The van der Waals surface area contributed by atoms with Crippen molar-refractivity contribution in [1.29, 1.82) is 0 Å². The zero-order chi connectivity index (χ0) is 12.4. The highest BCUT2D eigenvalue weighted by Gasteiger charge is 2.27. The van der Waals surface area contributed by atoms with Crippen LogP contribution in [0.1, 0.15) is 28.9 Å². The molecular formula is C16H14O2. The van der Waals surface area contributed by atoms with Crippen molar-refractivity contribution in [2.45, 2.75) is 18.6 Å². The molecule has 2 heteroatoms. The molecule has 0 radical (unpaired) electrons. The summed E-state index contributed by atoms with van der Waals surface area (Å²) < 4.78 is 5.88. The molecule has 3 rings (SSSR count). The van der Waals surface area contributed by atoms with Gasteiger partial charge in [0.25, 0.3) is 0 Å². The smallest absolute Gasteiger partial charge is 0.153 e. The Morgan fingerprint density at radius 1 is 1.00 bits per heavy atom. The van der Waals surface area contributed by atoms with Gasteiger partial charge in [-0.15, -0.1) is 0 Å². The molecule has 0 bridgehead atoms. The largest absolute Gasteiger partial charge is 0.358 e. The molecule has 2 aromatic carbocycles. The molecule has 1 aliphatic heterocycles. The second-order valence-corrected chi connectivity index (χ2v) is 4.50. The Morgan fingerprint density at radius 2 is 1.72 bits per heavy atom. The average molecular weight is 238 g/mol. The van der Waals surface area contributed by atoms with Crippen molar-refractivity contribution in [2.75, 3.05) is 0 Å². The van der Waals surface area contributed by atoms with Crippen LogP contribution in [0, 0.1) is 0 Å². The van der Waals surface area contributed by atoms with Gasteiger partial charge < -0.3 is 9.53 Å². The van der Waals surface area contributed by atoms with Crippen LogP contribution in [-0.2, 0) is 16.0 Å². The van der Waals surface area contributed by atoms with Crippen molar-refractivity contribution in [3.05, 3.63) is 71.3 Å². The summed E-state index contributed by atoms with van der Waals surface area (Å²) in [7, 11) is 0. The molecule has 0 amide bonds. The fraction of sp³-hybridized carbons (Fsp3) is 0.188. The van der Waals surface area contributed by atoms with Gasteiger partial charge >= 0.3 is 0 Å². The van der Waals surface area contributed by atoms with Crippen molar-refractivity contribution in [3.8, 4) is 0 Å². The summed E-state index contributed by atoms with van der Waals surface area (Å²) in [5.41, 5.74) is 3.33. The number of carbonyl (C=O) groups is 1. The maximum Gasteiger partial charge on any atom is 0.153 e. The maximum atomic E-state index is 11.2. The third-order valence-electron chi connectivity index (χ3n) is 3.37. The van der Waals surface area contributed by atoms with E-state index in [2.05, 4.69) is 6.07 Å². The van der Waals surface area contributed by atoms with Gasteiger partial charge in [0.15, 0.2) is 6.29 Å². The van der Waals surface area contributed by atoms with E-state index in [1.807, 2.05) is 48.5 Å². The molecule has 2 atom stereocenters. The highest BCUT2D eigenvalue weighted by Crippen LogP contribution is 2.36. The summed E-state index contributed by atoms with van der Waals surface area (Å²) in [6.07, 6.45) is 1.23. The molecule has 18 heavy (non-hydrogen) atoms. The van der Waals surface area contributed by atoms with Crippen LogP contribution in [0.2, 0.25) is 0 Å². The number of carbonyl (C=O) groups excluding carboxylic acids is 1. The Kier molecular flexibility index (Phi) is 2.95. The molecular weight excluding hydrogens is 224 g/mol. The van der Waals surface area contributed by atoms with Crippen LogP contribution < -0.4 is 0 Å². The van der Waals surface area contributed by atoms with Gasteiger partial charge in [-0.25, -0.2) is 0 Å². The van der Waals surface area contributed by atoms with Gasteiger partial charge in [-0.1, -0.05) is 54.6 Å². The quantitative estimate of drug-likeness (QED) is 0.751. The third kappa shape index (κ3) is 1.95. The Bertz CT molecular complexity index is 548. The molecule has 0 saturated carbocycles. The maximum absolute atomic E-state index is 11.2. The fourth-order valence-corrected chi connectivity index (χ4v) is 2.47. The minimum atomic E-state index is -0.444. The zero-order valence-electron chi connectivity index (χ0n) is 9.95. The third-order valence-corrected chi connectivity index (χ3v) is 3.37. The number of rotatable bonds is 2. The second-order valence-electron chi connectivity index (χ2n) is 4.50. The summed E-state index contributed by atoms with van der Waals surface area (Å²) in [6.45, 7) is 0. The van der Waals surface area contributed by atoms with Crippen LogP contribution >= 0.6 is 0 Å². The average Bonchev–Trinajstić information content (AvgIpc) is 2.47. The summed E-state index contributed by atoms with van der Waals surface area (Å²) in [6, 6.07) is 18.1. The highest BCUT2D eigenvalue weighted by molar-refractivity contribution is 5.62. The van der Waals surface area contributed by atoms with E-state index in [4.69, 9.17) is 4.74 Å². The number of hydrogen-bond acceptors (Lipinski definition) is 2. The molecule has 0 fully saturated rings. The number of ether oxygens (including phenoxy) is 1. The summed E-state index contributed by atoms with van der Waals surface area (Å²) >= 11 is 0. The van der Waals surface area contributed by atoms with Gasteiger partial charge in [0.2, 0.25) is 0 Å². The monoisotopic (exact) mass is 238 g/mol. The van der Waals surface area contributed by atoms with E-state index < -0.39 is 6.10 Å². The molecule has 1 aliphatic rings. The minimum absolute atomic E-state index is 0.0312. The lowest BCUT2D eigenvalue weighted by atomic mass is 9.92. The van der Waals surface area contributed by atoms with E-state index in [1.54, 1.807) is 0 Å². The Hall–Kier alpha value is -1.93. The van der Waals surface area contributed by atoms with Crippen LogP contribution in [-0.4, -0.2) is 6.29 Å². The van der Waals surface area contributed by atoms with Gasteiger partial charge in [0, 0.05) is 6.42 Å². The predicted molar refractivity (Wildman–Crippen MR) is 69.2 cm³/mol. The van der Waals surface area contributed by atoms with Gasteiger partial charge in [0.05, 0.1) is 6.10 Å². The number of hydrogen-bond donors (Lipinski definition) is 0. The van der Waals surface area contributed by atoms with Crippen molar-refractivity contribution in [3.63, 3.8) is 0 Å². The predicted octanol–water partition coefficient (Wildman–Crippen LogP) is 3.24. The van der Waals surface area contributed by atoms with Crippen molar-refractivity contribution >= 4 is 6.29 Å². The summed E-state index contributed by atoms with van der Waals surface area (Å²) in [5, 5.41) is 0. The topological polar surface area (TPSA) is 26.3 Å². The zero-order valence-corrected chi connectivity index (χ0v) is 9.95. The van der Waals surface area contributed by atoms with E-state index in [0.717, 1.165) is 23.8 Å². The first kappa shape index (κ1) is 11.2. The standard InChI is InChI=1S/C16H14O2/c17-11-16-14-9-5-4-8-13(14)10-15(18-16)12-6-2-1-3-7-12/h1-9,11,15-16H,10H2. The van der Waals surface area contributed by atoms with Crippen molar-refractivity contribution in [2.24, 2.45) is 0 Å². The van der Waals surface area contributed by atoms with E-state index in [-0.39, 0.29) is 6.10 Å². The molecule has 0 N–H and O–H groups in total. The van der Waals surface area contributed by atoms with Gasteiger partial charge in [-0.2, -0.15) is 0 Å². The van der Waals surface area contributed by atoms with Crippen LogP contribution in [0.3, 0.4) is 0 Å². The van der Waals surface area contributed by atoms with Crippen LogP contribution in [0.4, 0.5) is 0 Å². The number of benzene rings is 2. The first-order valence-electron chi connectivity index (χ1n) is 6.12. The minimum Gasteiger partial charge on any atom is -0.358 e. The lowest BCUT2D eigenvalue weighted by Gasteiger charge is -2.29. The van der Waals surface area contributed by atoms with Crippen LogP contribution in [0.5, 0.6) is 0 Å². The molecule has 1 heterocycles. The summed E-state index contributed by atoms with van der Waals surface area (Å²) in [5.74, 6) is 0. The van der Waals surface area contributed by atoms with E-state index in [1.165, 1.54) is 5.56 Å². The van der Waals surface area contributed by atoms with Crippen LogP contribution in [0.15, 0.2) is 54.6 Å². The summed E-state index contributed by atoms with van der Waals surface area (Å²) in [4.78, 5) is 11.2. The van der Waals surface area contributed by atoms with E-state index in [9.17, 15) is 4.79 Å². The lowest BCUT2D eigenvalue weighted by Crippen LogP contribution is -2.21. The van der Waals surface area contributed by atoms with Crippen molar-refractivity contribution in [1.82, 2.24) is 0 Å². The SMILES string of the molecule is O=CC1OC(c2ccccc2)Cc2ccccc21. The van der Waals surface area contributed by atoms with Crippen LogP contribution in [0.25, 0.3) is 0 Å². The molecule has 2 unspecified atom stereocenters. The number of aldehydes is 1. The van der Waals surface area contributed by atoms with Gasteiger partial charge in [0.1, 0.15) is 6.10 Å². The molecule has 2 nitrogen and oxygen atoms in total. The normalized spacial score (nSPS) is 22.2. The second kappa shape index (κ2) is 4.75. The first-order valence-corrected chi connectivity index (χ1v) is 6.12. The highest BCUT2D eigenvalue weighted by atomic mass is 16.5. The molecule has 0 saturated heterocycles. The molecule has 0 aliphatic carbocycles. The Labute approximate surface area is 106 Å². The number of fused-ring (bicyclic) bond motifs is 1. The van der Waals surface area contributed by atoms with Crippen molar-refractivity contribution < 1.29 is 9.53 Å². The Balaban J connectivity index is 1.97.